The van der Waals surface area contributed by atoms with E-state index in [9.17, 15) is 13.6 Å². The summed E-state index contributed by atoms with van der Waals surface area (Å²) >= 11 is 3.16. The Labute approximate surface area is 94.4 Å². The van der Waals surface area contributed by atoms with Crippen LogP contribution in [-0.4, -0.2) is 12.4 Å². The number of ether oxygens (including phenoxy) is 1. The lowest BCUT2D eigenvalue weighted by molar-refractivity contribution is -0.116. The van der Waals surface area contributed by atoms with E-state index in [2.05, 4.69) is 20.7 Å². The lowest BCUT2D eigenvalue weighted by Crippen LogP contribution is -2.04. The largest absolute Gasteiger partial charge is 0.435 e. The first-order valence-electron chi connectivity index (χ1n) is 4.20. The third-order valence-corrected chi connectivity index (χ3v) is 2.91. The van der Waals surface area contributed by atoms with Gasteiger partial charge in [0.2, 0.25) is 0 Å². The molecule has 0 bridgehead atoms. The number of alkyl halides is 3. The van der Waals surface area contributed by atoms with E-state index in [-0.39, 0.29) is 11.5 Å². The summed E-state index contributed by atoms with van der Waals surface area (Å²) in [5.74, 6) is -0.0441. The van der Waals surface area contributed by atoms with Crippen molar-refractivity contribution in [2.75, 3.05) is 0 Å². The highest BCUT2D eigenvalue weighted by molar-refractivity contribution is 9.09. The van der Waals surface area contributed by atoms with Gasteiger partial charge in [0.15, 0.2) is 0 Å². The van der Waals surface area contributed by atoms with Gasteiger partial charge in [-0.05, 0) is 24.6 Å². The van der Waals surface area contributed by atoms with E-state index in [0.717, 1.165) is 0 Å². The number of hydrogen-bond acceptors (Lipinski definition) is 2. The molecule has 1 aromatic rings. The molecule has 0 N–H and O–H groups in total. The lowest BCUT2D eigenvalue weighted by Gasteiger charge is -2.09. The van der Waals surface area contributed by atoms with Crippen LogP contribution < -0.4 is 4.74 Å². The third kappa shape index (κ3) is 3.58. The van der Waals surface area contributed by atoms with Gasteiger partial charge < -0.3 is 4.74 Å². The standard InChI is InChI=1S/C10H9BrF2O2/c1-6(14)9(11)7-3-2-4-8(5-7)15-10(12)13/h2-5,9-10H,1H3. The fraction of sp³-hybridized carbons (Fsp3) is 0.300. The highest BCUT2D eigenvalue weighted by Gasteiger charge is 2.13. The summed E-state index contributed by atoms with van der Waals surface area (Å²) in [5.41, 5.74) is 0.598. The first-order valence-corrected chi connectivity index (χ1v) is 5.11. The van der Waals surface area contributed by atoms with Crippen molar-refractivity contribution in [3.8, 4) is 5.75 Å². The SMILES string of the molecule is CC(=O)C(Br)c1cccc(OC(F)F)c1. The summed E-state index contributed by atoms with van der Waals surface area (Å²) < 4.78 is 28.0. The average molecular weight is 279 g/mol. The van der Waals surface area contributed by atoms with Crippen LogP contribution in [0.5, 0.6) is 5.75 Å². The number of halogens is 3. The minimum Gasteiger partial charge on any atom is -0.435 e. The Morgan fingerprint density at radius 2 is 2.13 bits per heavy atom. The van der Waals surface area contributed by atoms with Gasteiger partial charge in [-0.15, -0.1) is 0 Å². The molecular weight excluding hydrogens is 270 g/mol. The fourth-order valence-corrected chi connectivity index (χ4v) is 1.37. The molecule has 0 heterocycles. The molecule has 0 aromatic heterocycles. The van der Waals surface area contributed by atoms with Gasteiger partial charge in [0.05, 0.1) is 4.83 Å². The van der Waals surface area contributed by atoms with E-state index in [4.69, 9.17) is 0 Å². The summed E-state index contributed by atoms with van der Waals surface area (Å²) in [7, 11) is 0. The molecule has 1 aromatic carbocycles. The van der Waals surface area contributed by atoms with Gasteiger partial charge >= 0.3 is 6.61 Å². The van der Waals surface area contributed by atoms with Crippen molar-refractivity contribution in [3.63, 3.8) is 0 Å². The first kappa shape index (κ1) is 12.1. The van der Waals surface area contributed by atoms with Crippen molar-refractivity contribution in [3.05, 3.63) is 29.8 Å². The molecule has 0 aliphatic rings. The summed E-state index contributed by atoms with van der Waals surface area (Å²) in [5, 5.41) is 0. The van der Waals surface area contributed by atoms with Crippen LogP contribution in [0.4, 0.5) is 8.78 Å². The van der Waals surface area contributed by atoms with Gasteiger partial charge in [-0.3, -0.25) is 4.79 Å². The molecule has 0 fully saturated rings. The van der Waals surface area contributed by atoms with Crippen molar-refractivity contribution in [1.29, 1.82) is 0 Å². The number of carbonyl (C=O) groups is 1. The highest BCUT2D eigenvalue weighted by atomic mass is 79.9. The number of carbonyl (C=O) groups excluding carboxylic acids is 1. The lowest BCUT2D eigenvalue weighted by atomic mass is 10.1. The molecule has 0 aliphatic carbocycles. The summed E-state index contributed by atoms with van der Waals surface area (Å²) in [6.07, 6.45) is 0. The summed E-state index contributed by atoms with van der Waals surface area (Å²) in [6.45, 7) is -1.44. The van der Waals surface area contributed by atoms with Crippen LogP contribution in [0.3, 0.4) is 0 Å². The normalized spacial score (nSPS) is 12.6. The van der Waals surface area contributed by atoms with E-state index in [1.165, 1.54) is 19.1 Å². The molecule has 82 valence electrons. The second-order valence-corrected chi connectivity index (χ2v) is 3.84. The molecule has 1 atom stereocenters. The number of hydrogen-bond donors (Lipinski definition) is 0. The van der Waals surface area contributed by atoms with E-state index in [1.54, 1.807) is 12.1 Å². The molecule has 0 spiro atoms. The Hall–Kier alpha value is -0.970. The first-order chi connectivity index (χ1) is 7.00. The van der Waals surface area contributed by atoms with Crippen LogP contribution >= 0.6 is 15.9 Å². The Morgan fingerprint density at radius 1 is 1.47 bits per heavy atom. The van der Waals surface area contributed by atoms with Crippen LogP contribution in [0.15, 0.2) is 24.3 Å². The van der Waals surface area contributed by atoms with Gasteiger partial charge in [0, 0.05) is 0 Å². The van der Waals surface area contributed by atoms with Crippen molar-refractivity contribution < 1.29 is 18.3 Å². The molecule has 0 aliphatic heterocycles. The highest BCUT2D eigenvalue weighted by Crippen LogP contribution is 2.27. The Bertz CT molecular complexity index is 355. The second-order valence-electron chi connectivity index (χ2n) is 2.92. The molecule has 2 nitrogen and oxygen atoms in total. The predicted octanol–water partition coefficient (Wildman–Crippen LogP) is 3.31. The zero-order valence-electron chi connectivity index (χ0n) is 7.91. The number of Topliss-reactive ketones (excluding diaryl/α,β-unsaturated/α-hetero) is 1. The summed E-state index contributed by atoms with van der Waals surface area (Å²) in [6, 6.07) is 6.05. The summed E-state index contributed by atoms with van der Waals surface area (Å²) in [4.78, 5) is 10.6. The number of ketones is 1. The minimum absolute atomic E-state index is 0.0493. The number of rotatable bonds is 4. The van der Waals surface area contributed by atoms with Gasteiger partial charge in [0.25, 0.3) is 0 Å². The molecular formula is C10H9BrF2O2. The van der Waals surface area contributed by atoms with Gasteiger partial charge in [0.1, 0.15) is 11.5 Å². The molecule has 15 heavy (non-hydrogen) atoms. The monoisotopic (exact) mass is 278 g/mol. The molecule has 5 heteroatoms. The van der Waals surface area contributed by atoms with Crippen molar-refractivity contribution >= 4 is 21.7 Å². The zero-order valence-corrected chi connectivity index (χ0v) is 9.50. The number of benzene rings is 1. The topological polar surface area (TPSA) is 26.3 Å². The van der Waals surface area contributed by atoms with Gasteiger partial charge in [-0.2, -0.15) is 8.78 Å². The predicted molar refractivity (Wildman–Crippen MR) is 55.4 cm³/mol. The molecule has 0 saturated carbocycles. The van der Waals surface area contributed by atoms with Crippen molar-refractivity contribution in [1.82, 2.24) is 0 Å². The third-order valence-electron chi connectivity index (χ3n) is 1.73. The molecule has 1 unspecified atom stereocenters. The Kier molecular flexibility index (Phi) is 4.20. The quantitative estimate of drug-likeness (QED) is 0.790. The van der Waals surface area contributed by atoms with Crippen LogP contribution in [0, 0.1) is 0 Å². The van der Waals surface area contributed by atoms with Crippen LogP contribution in [0.1, 0.15) is 17.3 Å². The maximum Gasteiger partial charge on any atom is 0.387 e. The van der Waals surface area contributed by atoms with Crippen LogP contribution in [-0.2, 0) is 4.79 Å². The zero-order chi connectivity index (χ0) is 11.4. The van der Waals surface area contributed by atoms with Crippen LogP contribution in [0.2, 0.25) is 0 Å². The average Bonchev–Trinajstić information content (AvgIpc) is 2.16. The molecule has 0 radical (unpaired) electrons. The molecule has 0 amide bonds. The van der Waals surface area contributed by atoms with Crippen molar-refractivity contribution in [2.45, 2.75) is 18.4 Å². The maximum atomic E-state index is 11.9. The van der Waals surface area contributed by atoms with E-state index in [1.807, 2.05) is 0 Å². The smallest absolute Gasteiger partial charge is 0.387 e. The van der Waals surface area contributed by atoms with E-state index >= 15 is 0 Å². The Balaban J connectivity index is 2.87. The van der Waals surface area contributed by atoms with Crippen molar-refractivity contribution in [2.24, 2.45) is 0 Å². The van der Waals surface area contributed by atoms with Crippen LogP contribution in [0.25, 0.3) is 0 Å². The second kappa shape index (κ2) is 5.21. The molecule has 0 saturated heterocycles. The Morgan fingerprint density at radius 3 is 2.67 bits per heavy atom. The maximum absolute atomic E-state index is 11.9. The fourth-order valence-electron chi connectivity index (χ4n) is 1.08. The van der Waals surface area contributed by atoms with Gasteiger partial charge in [-0.25, -0.2) is 0 Å². The van der Waals surface area contributed by atoms with E-state index in [0.29, 0.717) is 5.56 Å². The minimum atomic E-state index is -2.86. The molecule has 1 rings (SSSR count). The van der Waals surface area contributed by atoms with Gasteiger partial charge in [-0.1, -0.05) is 28.1 Å². The van der Waals surface area contributed by atoms with E-state index < -0.39 is 11.4 Å².